The van der Waals surface area contributed by atoms with Gasteiger partial charge in [-0.2, -0.15) is 0 Å². The number of nitrogens with one attached hydrogen (secondary N) is 1. The van der Waals surface area contributed by atoms with E-state index in [0.29, 0.717) is 12.0 Å². The van der Waals surface area contributed by atoms with Gasteiger partial charge in [0.2, 0.25) is 0 Å². The molecule has 0 aliphatic carbocycles. The van der Waals surface area contributed by atoms with Gasteiger partial charge >= 0.3 is 0 Å². The van der Waals surface area contributed by atoms with Crippen LogP contribution >= 0.6 is 11.8 Å². The van der Waals surface area contributed by atoms with Gasteiger partial charge in [0.1, 0.15) is 0 Å². The summed E-state index contributed by atoms with van der Waals surface area (Å²) in [5.74, 6) is 1.88. The van der Waals surface area contributed by atoms with Crippen molar-refractivity contribution in [2.24, 2.45) is 10.9 Å². The molecule has 0 amide bonds. The highest BCUT2D eigenvalue weighted by molar-refractivity contribution is 8.13. The van der Waals surface area contributed by atoms with Crippen LogP contribution in [0, 0.1) is 5.92 Å². The molecule has 0 saturated carbocycles. The average molecular weight is 186 g/mol. The molecule has 0 radical (unpaired) electrons. The van der Waals surface area contributed by atoms with Gasteiger partial charge < -0.3 is 5.32 Å². The summed E-state index contributed by atoms with van der Waals surface area (Å²) in [6.07, 6.45) is 1.26. The van der Waals surface area contributed by atoms with Crippen LogP contribution in [0.3, 0.4) is 0 Å². The fraction of sp³-hybridized carbons (Fsp3) is 0.889. The summed E-state index contributed by atoms with van der Waals surface area (Å²) in [6.45, 7) is 7.55. The molecule has 1 aliphatic heterocycles. The maximum atomic E-state index is 4.50. The lowest BCUT2D eigenvalue weighted by atomic mass is 10.2. The van der Waals surface area contributed by atoms with Crippen LogP contribution in [0.4, 0.5) is 0 Å². The number of rotatable bonds is 2. The molecule has 1 saturated heterocycles. The molecule has 1 fully saturated rings. The van der Waals surface area contributed by atoms with Crippen LogP contribution in [0.25, 0.3) is 0 Å². The Labute approximate surface area is 79.2 Å². The standard InChI is InChI=1S/C9H18N2S/c1-7(2)6-10-9-11-8(3)4-5-12-9/h7-8H,4-6H2,1-3H3,(H,10,11). The van der Waals surface area contributed by atoms with Crippen molar-refractivity contribution in [3.63, 3.8) is 0 Å². The van der Waals surface area contributed by atoms with E-state index >= 15 is 0 Å². The fourth-order valence-electron chi connectivity index (χ4n) is 1.01. The minimum atomic E-state index is 0.608. The van der Waals surface area contributed by atoms with E-state index in [1.165, 1.54) is 12.2 Å². The molecule has 1 aliphatic rings. The number of hydrogen-bond donors (Lipinski definition) is 1. The number of nitrogens with zero attached hydrogens (tertiary/aromatic N) is 1. The van der Waals surface area contributed by atoms with Crippen molar-refractivity contribution in [1.29, 1.82) is 0 Å². The minimum Gasteiger partial charge on any atom is -0.362 e. The number of thioether (sulfide) groups is 1. The molecule has 0 aromatic carbocycles. The molecule has 1 rings (SSSR count). The largest absolute Gasteiger partial charge is 0.362 e. The Bertz CT molecular complexity index is 166. The second-order valence-corrected chi connectivity index (χ2v) is 4.81. The zero-order valence-corrected chi connectivity index (χ0v) is 8.95. The molecular formula is C9H18N2S. The summed E-state index contributed by atoms with van der Waals surface area (Å²) in [5.41, 5.74) is 0. The van der Waals surface area contributed by atoms with Gasteiger partial charge in [0.05, 0.1) is 0 Å². The smallest absolute Gasteiger partial charge is 0.156 e. The van der Waals surface area contributed by atoms with Gasteiger partial charge in [-0.25, -0.2) is 0 Å². The zero-order valence-electron chi connectivity index (χ0n) is 8.13. The zero-order chi connectivity index (χ0) is 8.97. The molecule has 0 spiro atoms. The summed E-state index contributed by atoms with van der Waals surface area (Å²) in [5, 5.41) is 4.53. The van der Waals surface area contributed by atoms with Crippen LogP contribution in [0.5, 0.6) is 0 Å². The predicted octanol–water partition coefficient (Wildman–Crippen LogP) is 2.11. The molecule has 1 heterocycles. The van der Waals surface area contributed by atoms with Crippen LogP contribution in [0.15, 0.2) is 4.99 Å². The van der Waals surface area contributed by atoms with Crippen LogP contribution in [0.1, 0.15) is 27.2 Å². The van der Waals surface area contributed by atoms with Crippen molar-refractivity contribution in [3.8, 4) is 0 Å². The molecule has 1 unspecified atom stereocenters. The quantitative estimate of drug-likeness (QED) is 0.714. The lowest BCUT2D eigenvalue weighted by Gasteiger charge is -2.21. The van der Waals surface area contributed by atoms with Crippen molar-refractivity contribution in [2.75, 3.05) is 12.3 Å². The molecular weight excluding hydrogens is 168 g/mol. The highest BCUT2D eigenvalue weighted by atomic mass is 32.2. The second-order valence-electron chi connectivity index (χ2n) is 3.72. The molecule has 70 valence electrons. The van der Waals surface area contributed by atoms with E-state index < -0.39 is 0 Å². The third kappa shape index (κ3) is 3.48. The van der Waals surface area contributed by atoms with Crippen molar-refractivity contribution in [2.45, 2.75) is 33.2 Å². The van der Waals surface area contributed by atoms with Crippen LogP contribution < -0.4 is 5.32 Å². The maximum absolute atomic E-state index is 4.50. The Hall–Kier alpha value is -0.180. The fourth-order valence-corrected chi connectivity index (χ4v) is 2.13. The number of aliphatic imine (C=N–C) groups is 1. The first-order chi connectivity index (χ1) is 5.68. The molecule has 3 heteroatoms. The molecule has 0 aromatic rings. The molecule has 0 bridgehead atoms. The van der Waals surface area contributed by atoms with Crippen molar-refractivity contribution in [3.05, 3.63) is 0 Å². The Morgan fingerprint density at radius 2 is 2.42 bits per heavy atom. The van der Waals surface area contributed by atoms with Crippen molar-refractivity contribution in [1.82, 2.24) is 5.32 Å². The summed E-state index contributed by atoms with van der Waals surface area (Å²) >= 11 is 1.85. The first-order valence-corrected chi connectivity index (χ1v) is 5.61. The van der Waals surface area contributed by atoms with Crippen LogP contribution in [0.2, 0.25) is 0 Å². The van der Waals surface area contributed by atoms with Gasteiger partial charge in [0.15, 0.2) is 5.17 Å². The summed E-state index contributed by atoms with van der Waals surface area (Å²) in [4.78, 5) is 4.50. The summed E-state index contributed by atoms with van der Waals surface area (Å²) in [7, 11) is 0. The van der Waals surface area contributed by atoms with E-state index in [9.17, 15) is 0 Å². The average Bonchev–Trinajstić information content (AvgIpc) is 2.01. The number of hydrogen-bond acceptors (Lipinski definition) is 2. The minimum absolute atomic E-state index is 0.608. The third-order valence-electron chi connectivity index (χ3n) is 1.76. The van der Waals surface area contributed by atoms with Gasteiger partial charge in [-0.3, -0.25) is 4.99 Å². The van der Waals surface area contributed by atoms with E-state index in [1.54, 1.807) is 0 Å². The molecule has 1 N–H and O–H groups in total. The Kier molecular flexibility index (Phi) is 3.92. The molecule has 1 atom stereocenters. The van der Waals surface area contributed by atoms with Gasteiger partial charge in [0, 0.05) is 18.3 Å². The van der Waals surface area contributed by atoms with E-state index in [1.807, 2.05) is 11.8 Å². The maximum Gasteiger partial charge on any atom is 0.156 e. The predicted molar refractivity (Wildman–Crippen MR) is 56.8 cm³/mol. The van der Waals surface area contributed by atoms with Crippen molar-refractivity contribution < 1.29 is 0 Å². The van der Waals surface area contributed by atoms with Gasteiger partial charge in [-0.1, -0.05) is 25.6 Å². The van der Waals surface area contributed by atoms with E-state index in [-0.39, 0.29) is 0 Å². The summed E-state index contributed by atoms with van der Waals surface area (Å²) < 4.78 is 0. The lowest BCUT2D eigenvalue weighted by Crippen LogP contribution is -2.35. The Balaban J connectivity index is 2.34. The number of amidine groups is 1. The van der Waals surface area contributed by atoms with E-state index in [0.717, 1.165) is 11.7 Å². The first kappa shape index (κ1) is 9.90. The van der Waals surface area contributed by atoms with Gasteiger partial charge in [-0.05, 0) is 19.3 Å². The molecule has 0 aromatic heterocycles. The van der Waals surface area contributed by atoms with Gasteiger partial charge in [-0.15, -0.1) is 0 Å². The highest BCUT2D eigenvalue weighted by Gasteiger charge is 2.12. The topological polar surface area (TPSA) is 24.4 Å². The monoisotopic (exact) mass is 186 g/mol. The Morgan fingerprint density at radius 1 is 1.67 bits per heavy atom. The van der Waals surface area contributed by atoms with E-state index in [2.05, 4.69) is 31.1 Å². The Morgan fingerprint density at radius 3 is 3.00 bits per heavy atom. The van der Waals surface area contributed by atoms with Crippen LogP contribution in [-0.4, -0.2) is 23.5 Å². The van der Waals surface area contributed by atoms with Crippen LogP contribution in [-0.2, 0) is 0 Å². The first-order valence-electron chi connectivity index (χ1n) is 4.62. The third-order valence-corrected chi connectivity index (χ3v) is 2.72. The summed E-state index contributed by atoms with van der Waals surface area (Å²) in [6, 6.07) is 0.608. The highest BCUT2D eigenvalue weighted by Crippen LogP contribution is 2.13. The normalized spacial score (nSPS) is 27.7. The lowest BCUT2D eigenvalue weighted by molar-refractivity contribution is 0.630. The molecule has 2 nitrogen and oxygen atoms in total. The van der Waals surface area contributed by atoms with Gasteiger partial charge in [0.25, 0.3) is 0 Å². The second kappa shape index (κ2) is 4.75. The van der Waals surface area contributed by atoms with E-state index in [4.69, 9.17) is 0 Å². The molecule has 12 heavy (non-hydrogen) atoms. The van der Waals surface area contributed by atoms with Crippen molar-refractivity contribution >= 4 is 16.9 Å². The SMILES string of the molecule is CC(C)CN=C1NC(C)CCS1.